The van der Waals surface area contributed by atoms with Crippen LogP contribution in [0.2, 0.25) is 0 Å². The Bertz CT molecular complexity index is 728. The molecule has 2 aromatic rings. The highest BCUT2D eigenvalue weighted by Crippen LogP contribution is 2.25. The summed E-state index contributed by atoms with van der Waals surface area (Å²) in [5.74, 6) is 0.293. The highest BCUT2D eigenvalue weighted by Gasteiger charge is 2.19. The van der Waals surface area contributed by atoms with Crippen molar-refractivity contribution < 1.29 is 8.42 Å². The van der Waals surface area contributed by atoms with Crippen LogP contribution in [0.3, 0.4) is 0 Å². The van der Waals surface area contributed by atoms with Crippen LogP contribution < -0.4 is 10.0 Å². The molecule has 1 aromatic heterocycles. The third kappa shape index (κ3) is 4.05. The first-order valence-corrected chi connectivity index (χ1v) is 8.71. The summed E-state index contributed by atoms with van der Waals surface area (Å²) >= 11 is 3.32. The van der Waals surface area contributed by atoms with Crippen LogP contribution in [0.1, 0.15) is 12.5 Å². The minimum atomic E-state index is -3.66. The molecule has 0 aliphatic rings. The molecule has 0 fully saturated rings. The van der Waals surface area contributed by atoms with E-state index in [1.165, 1.54) is 4.68 Å². The van der Waals surface area contributed by atoms with Crippen molar-refractivity contribution in [3.8, 4) is 0 Å². The first-order chi connectivity index (χ1) is 9.92. The third-order valence-electron chi connectivity index (χ3n) is 2.82. The van der Waals surface area contributed by atoms with Gasteiger partial charge in [0, 0.05) is 30.3 Å². The van der Waals surface area contributed by atoms with Crippen molar-refractivity contribution in [2.24, 2.45) is 7.05 Å². The normalized spacial score (nSPS) is 11.6. The van der Waals surface area contributed by atoms with Gasteiger partial charge in [-0.3, -0.25) is 9.40 Å². The molecular formula is C13H17BrN4O2S. The third-order valence-corrected chi connectivity index (χ3v) is 5.15. The molecule has 0 unspecified atom stereocenters. The maximum atomic E-state index is 12.4. The van der Waals surface area contributed by atoms with Crippen LogP contribution in [0.4, 0.5) is 5.82 Å². The lowest BCUT2D eigenvalue weighted by Crippen LogP contribution is -2.15. The SMILES string of the molecule is CCNCc1ccc(S(=O)(=O)Nc2ccn(C)n2)c(Br)c1. The van der Waals surface area contributed by atoms with Gasteiger partial charge in [-0.2, -0.15) is 5.10 Å². The van der Waals surface area contributed by atoms with Gasteiger partial charge < -0.3 is 5.32 Å². The fraction of sp³-hybridized carbons (Fsp3) is 0.308. The van der Waals surface area contributed by atoms with Gasteiger partial charge in [0.05, 0.1) is 0 Å². The topological polar surface area (TPSA) is 76.0 Å². The summed E-state index contributed by atoms with van der Waals surface area (Å²) in [5, 5.41) is 7.20. The zero-order valence-corrected chi connectivity index (χ0v) is 14.2. The molecule has 0 aliphatic carbocycles. The number of hydrogen-bond donors (Lipinski definition) is 2. The number of halogens is 1. The maximum Gasteiger partial charge on any atom is 0.264 e. The molecule has 0 atom stereocenters. The van der Waals surface area contributed by atoms with E-state index in [2.05, 4.69) is 31.1 Å². The second-order valence-electron chi connectivity index (χ2n) is 4.53. The van der Waals surface area contributed by atoms with Crippen molar-refractivity contribution in [2.45, 2.75) is 18.4 Å². The zero-order chi connectivity index (χ0) is 15.5. The molecule has 0 radical (unpaired) electrons. The van der Waals surface area contributed by atoms with Crippen LogP contribution in [-0.4, -0.2) is 24.7 Å². The largest absolute Gasteiger partial charge is 0.313 e. The predicted molar refractivity (Wildman–Crippen MR) is 85.5 cm³/mol. The lowest BCUT2D eigenvalue weighted by Gasteiger charge is -2.09. The van der Waals surface area contributed by atoms with Crippen LogP contribution in [0.15, 0.2) is 39.8 Å². The minimum absolute atomic E-state index is 0.188. The summed E-state index contributed by atoms with van der Waals surface area (Å²) in [5.41, 5.74) is 1.01. The maximum absolute atomic E-state index is 12.4. The Morgan fingerprint density at radius 3 is 2.67 bits per heavy atom. The van der Waals surface area contributed by atoms with E-state index in [1.54, 1.807) is 37.5 Å². The van der Waals surface area contributed by atoms with E-state index in [9.17, 15) is 8.42 Å². The van der Waals surface area contributed by atoms with Gasteiger partial charge in [-0.25, -0.2) is 8.42 Å². The Balaban J connectivity index is 2.23. The number of benzene rings is 1. The molecule has 6 nitrogen and oxygen atoms in total. The lowest BCUT2D eigenvalue weighted by molar-refractivity contribution is 0.600. The van der Waals surface area contributed by atoms with E-state index in [1.807, 2.05) is 6.92 Å². The van der Waals surface area contributed by atoms with Crippen molar-refractivity contribution in [3.05, 3.63) is 40.5 Å². The molecule has 0 spiro atoms. The average molecular weight is 373 g/mol. The number of aryl methyl sites for hydroxylation is 1. The van der Waals surface area contributed by atoms with Gasteiger partial charge in [-0.1, -0.05) is 13.0 Å². The number of aromatic nitrogens is 2. The van der Waals surface area contributed by atoms with Crippen LogP contribution in [0.5, 0.6) is 0 Å². The Labute approximate surface area is 132 Å². The lowest BCUT2D eigenvalue weighted by atomic mass is 10.2. The van der Waals surface area contributed by atoms with Crippen molar-refractivity contribution in [1.82, 2.24) is 15.1 Å². The van der Waals surface area contributed by atoms with E-state index in [0.717, 1.165) is 12.1 Å². The van der Waals surface area contributed by atoms with Gasteiger partial charge in [0.25, 0.3) is 10.0 Å². The van der Waals surface area contributed by atoms with E-state index >= 15 is 0 Å². The number of sulfonamides is 1. The quantitative estimate of drug-likeness (QED) is 0.813. The summed E-state index contributed by atoms with van der Waals surface area (Å²) in [4.78, 5) is 0.188. The van der Waals surface area contributed by atoms with E-state index in [-0.39, 0.29) is 4.90 Å². The molecule has 1 heterocycles. The molecule has 8 heteroatoms. The first-order valence-electron chi connectivity index (χ1n) is 6.44. The molecular weight excluding hydrogens is 356 g/mol. The molecule has 1 aromatic carbocycles. The standard InChI is InChI=1S/C13H17BrN4O2S/c1-3-15-9-10-4-5-12(11(14)8-10)21(19,20)17-13-6-7-18(2)16-13/h4-8,15H,3,9H2,1-2H3,(H,16,17). The summed E-state index contributed by atoms with van der Waals surface area (Å²) < 4.78 is 29.2. The summed E-state index contributed by atoms with van der Waals surface area (Å²) in [6.45, 7) is 3.58. The molecule has 2 rings (SSSR count). The Kier molecular flexibility index (Phi) is 5.02. The van der Waals surface area contributed by atoms with Crippen molar-refractivity contribution in [2.75, 3.05) is 11.3 Å². The van der Waals surface area contributed by atoms with E-state index in [0.29, 0.717) is 16.8 Å². The smallest absolute Gasteiger partial charge is 0.264 e. The van der Waals surface area contributed by atoms with E-state index in [4.69, 9.17) is 0 Å². The van der Waals surface area contributed by atoms with Gasteiger partial charge in [-0.15, -0.1) is 0 Å². The van der Waals surface area contributed by atoms with Crippen molar-refractivity contribution in [3.63, 3.8) is 0 Å². The molecule has 2 N–H and O–H groups in total. The molecule has 0 saturated carbocycles. The fourth-order valence-electron chi connectivity index (χ4n) is 1.80. The number of anilines is 1. The van der Waals surface area contributed by atoms with Crippen LogP contribution in [-0.2, 0) is 23.6 Å². The summed E-state index contributed by atoms with van der Waals surface area (Å²) in [7, 11) is -1.94. The average Bonchev–Trinajstić information content (AvgIpc) is 2.80. The number of rotatable bonds is 6. The first kappa shape index (κ1) is 16.0. The second-order valence-corrected chi connectivity index (χ2v) is 7.03. The molecule has 114 valence electrons. The van der Waals surface area contributed by atoms with Gasteiger partial charge in [0.2, 0.25) is 0 Å². The number of nitrogens with zero attached hydrogens (tertiary/aromatic N) is 2. The number of nitrogens with one attached hydrogen (secondary N) is 2. The highest BCUT2D eigenvalue weighted by atomic mass is 79.9. The molecule has 0 saturated heterocycles. The van der Waals surface area contributed by atoms with Gasteiger partial charge in [0.15, 0.2) is 5.82 Å². The second kappa shape index (κ2) is 6.59. The Hall–Kier alpha value is -1.38. The highest BCUT2D eigenvalue weighted by molar-refractivity contribution is 9.10. The van der Waals surface area contributed by atoms with Gasteiger partial charge >= 0.3 is 0 Å². The van der Waals surface area contributed by atoms with Crippen LogP contribution in [0.25, 0.3) is 0 Å². The summed E-state index contributed by atoms with van der Waals surface area (Å²) in [6, 6.07) is 6.78. The molecule has 0 amide bonds. The van der Waals surface area contributed by atoms with Crippen molar-refractivity contribution in [1.29, 1.82) is 0 Å². The summed E-state index contributed by atoms with van der Waals surface area (Å²) in [6.07, 6.45) is 1.67. The molecule has 0 aliphatic heterocycles. The number of hydrogen-bond acceptors (Lipinski definition) is 4. The van der Waals surface area contributed by atoms with Gasteiger partial charge in [0.1, 0.15) is 4.90 Å². The molecule has 0 bridgehead atoms. The van der Waals surface area contributed by atoms with Gasteiger partial charge in [-0.05, 0) is 40.2 Å². The fourth-order valence-corrected chi connectivity index (χ4v) is 3.93. The Morgan fingerprint density at radius 2 is 2.10 bits per heavy atom. The predicted octanol–water partition coefficient (Wildman–Crippen LogP) is 2.09. The van der Waals surface area contributed by atoms with Crippen LogP contribution >= 0.6 is 15.9 Å². The monoisotopic (exact) mass is 372 g/mol. The Morgan fingerprint density at radius 1 is 1.33 bits per heavy atom. The van der Waals surface area contributed by atoms with Crippen LogP contribution in [0, 0.1) is 0 Å². The minimum Gasteiger partial charge on any atom is -0.313 e. The van der Waals surface area contributed by atoms with E-state index < -0.39 is 10.0 Å². The zero-order valence-electron chi connectivity index (χ0n) is 11.8. The van der Waals surface area contributed by atoms with Crippen molar-refractivity contribution >= 4 is 31.8 Å². The molecule has 21 heavy (non-hydrogen) atoms.